The maximum absolute atomic E-state index is 11.9. The molecule has 1 aromatic heterocycles. The highest BCUT2D eigenvalue weighted by Gasteiger charge is 2.39. The van der Waals surface area contributed by atoms with E-state index >= 15 is 0 Å². The van der Waals surface area contributed by atoms with E-state index < -0.39 is 11.3 Å². The van der Waals surface area contributed by atoms with Gasteiger partial charge in [0, 0.05) is 5.56 Å². The molecular weight excluding hydrogens is 216 g/mol. The van der Waals surface area contributed by atoms with Gasteiger partial charge in [-0.15, -0.1) is 0 Å². The SMILES string of the molecule is CCC(C(N)=O)(c1ccccc1)c1cnoc1. The van der Waals surface area contributed by atoms with E-state index in [4.69, 9.17) is 10.3 Å². The summed E-state index contributed by atoms with van der Waals surface area (Å²) in [4.78, 5) is 11.9. The number of carbonyl (C=O) groups is 1. The molecule has 1 unspecified atom stereocenters. The molecule has 2 aromatic rings. The minimum atomic E-state index is -0.860. The van der Waals surface area contributed by atoms with Crippen LogP contribution in [0.3, 0.4) is 0 Å². The second kappa shape index (κ2) is 4.41. The maximum Gasteiger partial charge on any atom is 0.232 e. The van der Waals surface area contributed by atoms with Crippen LogP contribution in [0.2, 0.25) is 0 Å². The van der Waals surface area contributed by atoms with E-state index in [1.165, 1.54) is 6.26 Å². The van der Waals surface area contributed by atoms with Crippen molar-refractivity contribution in [3.8, 4) is 0 Å². The molecule has 0 aliphatic carbocycles. The van der Waals surface area contributed by atoms with Crippen molar-refractivity contribution >= 4 is 5.91 Å². The number of nitrogens with zero attached hydrogens (tertiary/aromatic N) is 1. The van der Waals surface area contributed by atoms with E-state index in [0.717, 1.165) is 5.56 Å². The minimum Gasteiger partial charge on any atom is -0.369 e. The predicted octanol–water partition coefficient (Wildman–Crippen LogP) is 1.86. The van der Waals surface area contributed by atoms with Gasteiger partial charge in [0.05, 0.1) is 6.20 Å². The quantitative estimate of drug-likeness (QED) is 0.871. The number of nitrogens with two attached hydrogens (primary N) is 1. The van der Waals surface area contributed by atoms with Crippen molar-refractivity contribution in [2.24, 2.45) is 5.73 Å². The number of aromatic nitrogens is 1. The van der Waals surface area contributed by atoms with Gasteiger partial charge in [-0.2, -0.15) is 0 Å². The number of hydrogen-bond donors (Lipinski definition) is 1. The van der Waals surface area contributed by atoms with Crippen molar-refractivity contribution in [2.45, 2.75) is 18.8 Å². The molecule has 0 radical (unpaired) electrons. The maximum atomic E-state index is 11.9. The summed E-state index contributed by atoms with van der Waals surface area (Å²) in [5.41, 5.74) is 6.29. The molecule has 2 N–H and O–H groups in total. The Hall–Kier alpha value is -2.10. The summed E-state index contributed by atoms with van der Waals surface area (Å²) in [5, 5.41) is 3.66. The molecule has 1 aromatic carbocycles. The van der Waals surface area contributed by atoms with Gasteiger partial charge in [0.2, 0.25) is 5.91 Å². The highest BCUT2D eigenvalue weighted by atomic mass is 16.5. The van der Waals surface area contributed by atoms with Crippen LogP contribution in [-0.4, -0.2) is 11.1 Å². The fraction of sp³-hybridized carbons (Fsp3) is 0.231. The molecule has 4 nitrogen and oxygen atoms in total. The molecule has 0 saturated heterocycles. The first-order valence-electron chi connectivity index (χ1n) is 5.47. The van der Waals surface area contributed by atoms with Crippen LogP contribution >= 0.6 is 0 Å². The summed E-state index contributed by atoms with van der Waals surface area (Å²) in [5.74, 6) is -0.394. The van der Waals surface area contributed by atoms with Gasteiger partial charge in [-0.3, -0.25) is 4.79 Å². The number of amides is 1. The molecule has 0 bridgehead atoms. The lowest BCUT2D eigenvalue weighted by atomic mass is 9.73. The summed E-state index contributed by atoms with van der Waals surface area (Å²) in [6, 6.07) is 9.45. The molecule has 4 heteroatoms. The van der Waals surface area contributed by atoms with Crippen LogP contribution in [0.4, 0.5) is 0 Å². The summed E-state index contributed by atoms with van der Waals surface area (Å²) in [7, 11) is 0. The molecule has 1 atom stereocenters. The second-order valence-electron chi connectivity index (χ2n) is 3.90. The highest BCUT2D eigenvalue weighted by molar-refractivity contribution is 5.90. The van der Waals surface area contributed by atoms with E-state index in [2.05, 4.69) is 5.16 Å². The molecular formula is C13H14N2O2. The largest absolute Gasteiger partial charge is 0.369 e. The van der Waals surface area contributed by atoms with Gasteiger partial charge in [0.15, 0.2) is 0 Å². The topological polar surface area (TPSA) is 69.1 Å². The Morgan fingerprint density at radius 2 is 2.06 bits per heavy atom. The molecule has 0 saturated carbocycles. The first-order chi connectivity index (χ1) is 8.21. The van der Waals surface area contributed by atoms with Gasteiger partial charge in [0.1, 0.15) is 11.7 Å². The lowest BCUT2D eigenvalue weighted by Gasteiger charge is -2.28. The zero-order chi connectivity index (χ0) is 12.3. The van der Waals surface area contributed by atoms with E-state index in [1.54, 1.807) is 6.20 Å². The fourth-order valence-corrected chi connectivity index (χ4v) is 2.17. The van der Waals surface area contributed by atoms with Gasteiger partial charge >= 0.3 is 0 Å². The zero-order valence-corrected chi connectivity index (χ0v) is 9.59. The number of primary amides is 1. The van der Waals surface area contributed by atoms with E-state index in [-0.39, 0.29) is 0 Å². The molecule has 0 fully saturated rings. The highest BCUT2D eigenvalue weighted by Crippen LogP contribution is 2.35. The number of carbonyl (C=O) groups excluding carboxylic acids is 1. The predicted molar refractivity (Wildman–Crippen MR) is 63.2 cm³/mol. The number of benzene rings is 1. The van der Waals surface area contributed by atoms with E-state index in [0.29, 0.717) is 12.0 Å². The van der Waals surface area contributed by atoms with Crippen LogP contribution in [0.25, 0.3) is 0 Å². The van der Waals surface area contributed by atoms with Crippen LogP contribution in [0.15, 0.2) is 47.3 Å². The molecule has 0 aliphatic rings. The molecule has 17 heavy (non-hydrogen) atoms. The van der Waals surface area contributed by atoms with Crippen molar-refractivity contribution in [3.05, 3.63) is 53.9 Å². The van der Waals surface area contributed by atoms with Gasteiger partial charge in [0.25, 0.3) is 0 Å². The third-order valence-corrected chi connectivity index (χ3v) is 3.14. The summed E-state index contributed by atoms with van der Waals surface area (Å²) in [6.45, 7) is 1.92. The first-order valence-corrected chi connectivity index (χ1v) is 5.47. The number of rotatable bonds is 4. The third-order valence-electron chi connectivity index (χ3n) is 3.14. The van der Waals surface area contributed by atoms with Crippen LogP contribution in [0.1, 0.15) is 24.5 Å². The Kier molecular flexibility index (Phi) is 2.95. The lowest BCUT2D eigenvalue weighted by molar-refractivity contribution is -0.122. The molecule has 0 aliphatic heterocycles. The Bertz CT molecular complexity index is 493. The van der Waals surface area contributed by atoms with Crippen molar-refractivity contribution < 1.29 is 9.32 Å². The van der Waals surface area contributed by atoms with Crippen molar-refractivity contribution in [1.29, 1.82) is 0 Å². The zero-order valence-electron chi connectivity index (χ0n) is 9.59. The summed E-state index contributed by atoms with van der Waals surface area (Å²) in [6.07, 6.45) is 3.58. The van der Waals surface area contributed by atoms with Gasteiger partial charge in [-0.05, 0) is 12.0 Å². The molecule has 2 rings (SSSR count). The smallest absolute Gasteiger partial charge is 0.232 e. The van der Waals surface area contributed by atoms with Crippen LogP contribution in [0, 0.1) is 0 Å². The van der Waals surface area contributed by atoms with Gasteiger partial charge < -0.3 is 10.3 Å². The Morgan fingerprint density at radius 1 is 1.35 bits per heavy atom. The van der Waals surface area contributed by atoms with Crippen molar-refractivity contribution in [1.82, 2.24) is 5.16 Å². The monoisotopic (exact) mass is 230 g/mol. The van der Waals surface area contributed by atoms with Gasteiger partial charge in [-0.1, -0.05) is 42.4 Å². The average molecular weight is 230 g/mol. The summed E-state index contributed by atoms with van der Waals surface area (Å²) < 4.78 is 4.84. The fourth-order valence-electron chi connectivity index (χ4n) is 2.17. The first kappa shape index (κ1) is 11.4. The van der Waals surface area contributed by atoms with Crippen LogP contribution in [0.5, 0.6) is 0 Å². The van der Waals surface area contributed by atoms with Gasteiger partial charge in [-0.25, -0.2) is 0 Å². The van der Waals surface area contributed by atoms with Crippen LogP contribution in [-0.2, 0) is 10.2 Å². The van der Waals surface area contributed by atoms with E-state index in [9.17, 15) is 4.79 Å². The average Bonchev–Trinajstić information content (AvgIpc) is 2.86. The second-order valence-corrected chi connectivity index (χ2v) is 3.90. The number of hydrogen-bond acceptors (Lipinski definition) is 3. The molecule has 88 valence electrons. The van der Waals surface area contributed by atoms with Crippen molar-refractivity contribution in [3.63, 3.8) is 0 Å². The molecule has 1 amide bonds. The molecule has 1 heterocycles. The van der Waals surface area contributed by atoms with E-state index in [1.807, 2.05) is 37.3 Å². The molecule has 0 spiro atoms. The minimum absolute atomic E-state index is 0.394. The Balaban J connectivity index is 2.63. The standard InChI is InChI=1S/C13H14N2O2/c1-2-13(12(14)16,11-8-15-17-9-11)10-6-4-3-5-7-10/h3-9H,2H2,1H3,(H2,14,16). The van der Waals surface area contributed by atoms with Crippen LogP contribution < -0.4 is 5.73 Å². The normalized spacial score (nSPS) is 14.2. The summed E-state index contributed by atoms with van der Waals surface area (Å²) >= 11 is 0. The lowest BCUT2D eigenvalue weighted by Crippen LogP contribution is -2.41. The Labute approximate surface area is 99.4 Å². The Morgan fingerprint density at radius 3 is 2.53 bits per heavy atom. The van der Waals surface area contributed by atoms with Crippen molar-refractivity contribution in [2.75, 3.05) is 0 Å². The third kappa shape index (κ3) is 1.71.